The molecular formula is C22H20ClN3O2. The van der Waals surface area contributed by atoms with E-state index in [1.54, 1.807) is 18.5 Å². The Morgan fingerprint density at radius 2 is 1.79 bits per heavy atom. The van der Waals surface area contributed by atoms with Gasteiger partial charge < -0.3 is 15.4 Å². The fraction of sp³-hybridized carbons (Fsp3) is 0.182. The molecule has 1 aliphatic carbocycles. The lowest BCUT2D eigenvalue weighted by molar-refractivity contribution is 0.0950. The van der Waals surface area contributed by atoms with Gasteiger partial charge in [0.15, 0.2) is 0 Å². The van der Waals surface area contributed by atoms with E-state index < -0.39 is 0 Å². The molecule has 0 saturated heterocycles. The van der Waals surface area contributed by atoms with Gasteiger partial charge in [-0.1, -0.05) is 23.7 Å². The molecule has 28 heavy (non-hydrogen) atoms. The molecule has 0 bridgehead atoms. The van der Waals surface area contributed by atoms with E-state index in [0.29, 0.717) is 23.2 Å². The molecule has 3 aromatic rings. The Labute approximate surface area is 168 Å². The molecule has 0 radical (unpaired) electrons. The van der Waals surface area contributed by atoms with E-state index >= 15 is 0 Å². The van der Waals surface area contributed by atoms with Gasteiger partial charge in [0.05, 0.1) is 17.4 Å². The minimum Gasteiger partial charge on any atom is -0.489 e. The molecule has 1 saturated carbocycles. The van der Waals surface area contributed by atoms with E-state index in [2.05, 4.69) is 15.6 Å². The number of ether oxygens (including phenoxy) is 1. The number of hydrogen-bond acceptors (Lipinski definition) is 4. The van der Waals surface area contributed by atoms with Gasteiger partial charge in [-0.2, -0.15) is 0 Å². The van der Waals surface area contributed by atoms with Crippen molar-refractivity contribution in [1.29, 1.82) is 0 Å². The van der Waals surface area contributed by atoms with Gasteiger partial charge in [0.1, 0.15) is 12.4 Å². The smallest absolute Gasteiger partial charge is 0.253 e. The van der Waals surface area contributed by atoms with Crippen LogP contribution in [-0.2, 0) is 6.61 Å². The lowest BCUT2D eigenvalue weighted by atomic mass is 10.2. The second-order valence-corrected chi connectivity index (χ2v) is 7.21. The number of hydrogen-bond donors (Lipinski definition) is 2. The van der Waals surface area contributed by atoms with Crippen molar-refractivity contribution in [2.75, 3.05) is 5.32 Å². The Kier molecular flexibility index (Phi) is 5.44. The Balaban J connectivity index is 1.35. The van der Waals surface area contributed by atoms with Crippen molar-refractivity contribution in [3.8, 4) is 5.75 Å². The van der Waals surface area contributed by atoms with Gasteiger partial charge in [-0.05, 0) is 60.9 Å². The minimum atomic E-state index is -0.0791. The molecule has 6 heteroatoms. The Morgan fingerprint density at radius 3 is 2.50 bits per heavy atom. The Bertz CT molecular complexity index is 954. The summed E-state index contributed by atoms with van der Waals surface area (Å²) in [5.41, 5.74) is 3.26. The number of rotatable bonds is 7. The van der Waals surface area contributed by atoms with Crippen molar-refractivity contribution in [3.63, 3.8) is 0 Å². The number of carbonyl (C=O) groups is 1. The number of anilines is 2. The number of amides is 1. The summed E-state index contributed by atoms with van der Waals surface area (Å²) in [7, 11) is 0. The minimum absolute atomic E-state index is 0.0791. The number of benzene rings is 2. The standard InChI is InChI=1S/C22H20ClN3O2/c23-17-3-1-15(2-4-17)14-28-21-9-7-18(8-10-21)25-20-11-16(12-24-13-20)22(27)26-19-5-6-19/h1-4,7-13,19,25H,5-6,14H2,(H,26,27). The topological polar surface area (TPSA) is 63.2 Å². The highest BCUT2D eigenvalue weighted by atomic mass is 35.5. The van der Waals surface area contributed by atoms with Crippen LogP contribution < -0.4 is 15.4 Å². The third-order valence-corrected chi connectivity index (χ3v) is 4.63. The first-order chi connectivity index (χ1) is 13.7. The van der Waals surface area contributed by atoms with Gasteiger partial charge >= 0.3 is 0 Å². The van der Waals surface area contributed by atoms with Crippen molar-refractivity contribution in [2.24, 2.45) is 0 Å². The Hall–Kier alpha value is -3.05. The van der Waals surface area contributed by atoms with Gasteiger partial charge in [0.2, 0.25) is 0 Å². The molecular weight excluding hydrogens is 374 g/mol. The predicted molar refractivity (Wildman–Crippen MR) is 110 cm³/mol. The number of nitrogens with zero attached hydrogens (tertiary/aromatic N) is 1. The fourth-order valence-corrected chi connectivity index (χ4v) is 2.80. The van der Waals surface area contributed by atoms with Crippen LogP contribution in [0.25, 0.3) is 0 Å². The summed E-state index contributed by atoms with van der Waals surface area (Å²) in [5.74, 6) is 0.695. The zero-order chi connectivity index (χ0) is 19.3. The molecule has 142 valence electrons. The van der Waals surface area contributed by atoms with Crippen molar-refractivity contribution in [2.45, 2.75) is 25.5 Å². The molecule has 2 aromatic carbocycles. The first-order valence-corrected chi connectivity index (χ1v) is 9.54. The summed E-state index contributed by atoms with van der Waals surface area (Å²) in [6.45, 7) is 0.478. The van der Waals surface area contributed by atoms with Crippen molar-refractivity contribution < 1.29 is 9.53 Å². The Morgan fingerprint density at radius 1 is 1.04 bits per heavy atom. The summed E-state index contributed by atoms with van der Waals surface area (Å²) in [6, 6.07) is 17.3. The van der Waals surface area contributed by atoms with Crippen LogP contribution in [0.15, 0.2) is 67.0 Å². The summed E-state index contributed by atoms with van der Waals surface area (Å²) in [5, 5.41) is 6.94. The second kappa shape index (κ2) is 8.31. The number of carbonyl (C=O) groups excluding carboxylic acids is 1. The van der Waals surface area contributed by atoms with Crippen LogP contribution in [0, 0.1) is 0 Å². The zero-order valence-corrected chi connectivity index (χ0v) is 15.9. The normalized spacial score (nSPS) is 13.0. The molecule has 0 atom stereocenters. The first kappa shape index (κ1) is 18.3. The SMILES string of the molecule is O=C(NC1CC1)c1cncc(Nc2ccc(OCc3ccc(Cl)cc3)cc2)c1. The summed E-state index contributed by atoms with van der Waals surface area (Å²) in [6.07, 6.45) is 5.39. The molecule has 1 aromatic heterocycles. The predicted octanol–water partition coefficient (Wildman–Crippen LogP) is 4.95. The monoisotopic (exact) mass is 393 g/mol. The van der Waals surface area contributed by atoms with Gasteiger partial charge in [0, 0.05) is 22.9 Å². The van der Waals surface area contributed by atoms with Crippen molar-refractivity contribution in [1.82, 2.24) is 10.3 Å². The number of pyridine rings is 1. The van der Waals surface area contributed by atoms with Crippen LogP contribution in [0.2, 0.25) is 5.02 Å². The first-order valence-electron chi connectivity index (χ1n) is 9.16. The van der Waals surface area contributed by atoms with E-state index in [9.17, 15) is 4.79 Å². The number of nitrogens with one attached hydrogen (secondary N) is 2. The second-order valence-electron chi connectivity index (χ2n) is 6.77. The lowest BCUT2D eigenvalue weighted by Gasteiger charge is -2.10. The van der Waals surface area contributed by atoms with Crippen molar-refractivity contribution >= 4 is 28.9 Å². The maximum atomic E-state index is 12.1. The molecule has 4 rings (SSSR count). The van der Waals surface area contributed by atoms with E-state index in [1.165, 1.54) is 0 Å². The largest absolute Gasteiger partial charge is 0.489 e. The van der Waals surface area contributed by atoms with Crippen LogP contribution in [-0.4, -0.2) is 16.9 Å². The summed E-state index contributed by atoms with van der Waals surface area (Å²) < 4.78 is 5.79. The average Bonchev–Trinajstić information content (AvgIpc) is 3.53. The van der Waals surface area contributed by atoms with Crippen LogP contribution in [0.5, 0.6) is 5.75 Å². The van der Waals surface area contributed by atoms with Gasteiger partial charge in [0.25, 0.3) is 5.91 Å². The quantitative estimate of drug-likeness (QED) is 0.596. The highest BCUT2D eigenvalue weighted by molar-refractivity contribution is 6.30. The highest BCUT2D eigenvalue weighted by Crippen LogP contribution is 2.22. The molecule has 5 nitrogen and oxygen atoms in total. The molecule has 1 fully saturated rings. The third-order valence-electron chi connectivity index (χ3n) is 4.37. The molecule has 2 N–H and O–H groups in total. The van der Waals surface area contributed by atoms with E-state index in [4.69, 9.17) is 16.3 Å². The van der Waals surface area contributed by atoms with Gasteiger partial charge in [-0.3, -0.25) is 9.78 Å². The average molecular weight is 394 g/mol. The molecule has 0 aliphatic heterocycles. The molecule has 1 heterocycles. The molecule has 0 unspecified atom stereocenters. The van der Waals surface area contributed by atoms with Crippen LogP contribution in [0.1, 0.15) is 28.8 Å². The molecule has 1 aliphatic rings. The molecule has 0 spiro atoms. The fourth-order valence-electron chi connectivity index (χ4n) is 2.68. The van der Waals surface area contributed by atoms with Gasteiger partial charge in [-0.15, -0.1) is 0 Å². The van der Waals surface area contributed by atoms with Crippen LogP contribution >= 0.6 is 11.6 Å². The van der Waals surface area contributed by atoms with Crippen LogP contribution in [0.4, 0.5) is 11.4 Å². The summed E-state index contributed by atoms with van der Waals surface area (Å²) >= 11 is 5.89. The number of aromatic nitrogens is 1. The van der Waals surface area contributed by atoms with E-state index in [-0.39, 0.29) is 5.91 Å². The molecule has 1 amide bonds. The maximum absolute atomic E-state index is 12.1. The van der Waals surface area contributed by atoms with E-state index in [1.807, 2.05) is 48.5 Å². The third kappa shape index (κ3) is 5.02. The maximum Gasteiger partial charge on any atom is 0.253 e. The summed E-state index contributed by atoms with van der Waals surface area (Å²) in [4.78, 5) is 16.3. The van der Waals surface area contributed by atoms with Crippen molar-refractivity contribution in [3.05, 3.63) is 83.1 Å². The van der Waals surface area contributed by atoms with Gasteiger partial charge in [-0.25, -0.2) is 0 Å². The number of halogens is 1. The lowest BCUT2D eigenvalue weighted by Crippen LogP contribution is -2.25. The van der Waals surface area contributed by atoms with E-state index in [0.717, 1.165) is 35.5 Å². The zero-order valence-electron chi connectivity index (χ0n) is 15.2. The highest BCUT2D eigenvalue weighted by Gasteiger charge is 2.23. The van der Waals surface area contributed by atoms with Crippen LogP contribution in [0.3, 0.4) is 0 Å².